The van der Waals surface area contributed by atoms with Crippen LogP contribution in [0.3, 0.4) is 0 Å². The van der Waals surface area contributed by atoms with Gasteiger partial charge in [0.1, 0.15) is 11.0 Å². The second-order valence-corrected chi connectivity index (χ2v) is 7.16. The molecule has 1 unspecified atom stereocenters. The Labute approximate surface area is 133 Å². The number of hydrogen-bond acceptors (Lipinski definition) is 6. The van der Waals surface area contributed by atoms with E-state index < -0.39 is 5.54 Å². The van der Waals surface area contributed by atoms with Crippen molar-refractivity contribution in [3.05, 3.63) is 41.4 Å². The molecule has 2 aromatic rings. The zero-order chi connectivity index (χ0) is 15.1. The molecule has 1 aromatic heterocycles. The van der Waals surface area contributed by atoms with E-state index in [9.17, 15) is 5.26 Å². The average molecular weight is 318 g/mol. The summed E-state index contributed by atoms with van der Waals surface area (Å²) in [5.41, 5.74) is 2.08. The number of benzene rings is 1. The van der Waals surface area contributed by atoms with Crippen molar-refractivity contribution in [2.75, 3.05) is 5.75 Å². The van der Waals surface area contributed by atoms with Gasteiger partial charge in [0.15, 0.2) is 4.34 Å². The zero-order valence-electron chi connectivity index (χ0n) is 12.1. The van der Waals surface area contributed by atoms with Crippen LogP contribution in [0.25, 0.3) is 0 Å². The van der Waals surface area contributed by atoms with Gasteiger partial charge in [0.2, 0.25) is 0 Å². The molecule has 0 bridgehead atoms. The summed E-state index contributed by atoms with van der Waals surface area (Å²) < 4.78 is 0.944. The van der Waals surface area contributed by atoms with E-state index in [0.29, 0.717) is 0 Å². The molecule has 6 heteroatoms. The fourth-order valence-corrected chi connectivity index (χ4v) is 3.80. The highest BCUT2D eigenvalue weighted by Crippen LogP contribution is 2.29. The van der Waals surface area contributed by atoms with E-state index in [1.165, 1.54) is 11.3 Å². The molecule has 2 rings (SSSR count). The van der Waals surface area contributed by atoms with E-state index in [-0.39, 0.29) is 6.04 Å². The summed E-state index contributed by atoms with van der Waals surface area (Å²) in [7, 11) is 0. The van der Waals surface area contributed by atoms with E-state index in [1.807, 2.05) is 30.3 Å². The molecule has 0 aliphatic heterocycles. The van der Waals surface area contributed by atoms with Crippen LogP contribution in [-0.4, -0.2) is 22.0 Å². The SMILES string of the molecule is CC(C)NC(C#N)(CCSc1nncs1)c1ccccc1. The van der Waals surface area contributed by atoms with Gasteiger partial charge in [0.05, 0.1) is 6.07 Å². The maximum atomic E-state index is 9.79. The summed E-state index contributed by atoms with van der Waals surface area (Å²) in [5.74, 6) is 0.817. The standard InChI is InChI=1S/C15H18N4S2/c1-12(2)18-15(10-16,13-6-4-3-5-7-13)8-9-20-14-19-17-11-21-14/h3-7,11-12,18H,8-9H2,1-2H3. The Kier molecular flexibility index (Phi) is 5.74. The summed E-state index contributed by atoms with van der Waals surface area (Å²) >= 11 is 3.17. The highest BCUT2D eigenvalue weighted by molar-refractivity contribution is 8.00. The lowest BCUT2D eigenvalue weighted by Gasteiger charge is -2.30. The third-order valence-corrected chi connectivity index (χ3v) is 4.90. The van der Waals surface area contributed by atoms with Crippen LogP contribution in [0.2, 0.25) is 0 Å². The van der Waals surface area contributed by atoms with Crippen LogP contribution in [0, 0.1) is 11.3 Å². The monoisotopic (exact) mass is 318 g/mol. The molecule has 1 aromatic carbocycles. The minimum absolute atomic E-state index is 0.233. The third kappa shape index (κ3) is 4.27. The Balaban J connectivity index is 2.13. The molecule has 1 N–H and O–H groups in total. The first-order valence-electron chi connectivity index (χ1n) is 6.80. The first-order chi connectivity index (χ1) is 10.2. The Bertz CT molecular complexity index is 577. The topological polar surface area (TPSA) is 61.6 Å². The molecule has 0 amide bonds. The Morgan fingerprint density at radius 1 is 1.38 bits per heavy atom. The van der Waals surface area contributed by atoms with E-state index in [4.69, 9.17) is 0 Å². The van der Waals surface area contributed by atoms with Crippen molar-refractivity contribution in [2.24, 2.45) is 0 Å². The van der Waals surface area contributed by atoms with Crippen LogP contribution in [0.15, 0.2) is 40.2 Å². The molecule has 0 radical (unpaired) electrons. The number of nitrogens with one attached hydrogen (secondary N) is 1. The van der Waals surface area contributed by atoms with Gasteiger partial charge in [-0.15, -0.1) is 10.2 Å². The van der Waals surface area contributed by atoms with Crippen LogP contribution in [0.5, 0.6) is 0 Å². The van der Waals surface area contributed by atoms with Crippen LogP contribution in [-0.2, 0) is 5.54 Å². The van der Waals surface area contributed by atoms with Gasteiger partial charge in [-0.25, -0.2) is 0 Å². The molecule has 0 spiro atoms. The summed E-state index contributed by atoms with van der Waals surface area (Å²) in [6.07, 6.45) is 0.718. The van der Waals surface area contributed by atoms with Crippen molar-refractivity contribution >= 4 is 23.1 Å². The van der Waals surface area contributed by atoms with Crippen molar-refractivity contribution in [3.8, 4) is 6.07 Å². The number of thioether (sulfide) groups is 1. The summed E-state index contributed by atoms with van der Waals surface area (Å²) in [5, 5.41) is 21.1. The van der Waals surface area contributed by atoms with Crippen molar-refractivity contribution < 1.29 is 0 Å². The van der Waals surface area contributed by atoms with Gasteiger partial charge in [0.25, 0.3) is 0 Å². The van der Waals surface area contributed by atoms with Gasteiger partial charge in [-0.05, 0) is 25.8 Å². The summed E-state index contributed by atoms with van der Waals surface area (Å²) in [6.45, 7) is 4.12. The molecule has 21 heavy (non-hydrogen) atoms. The predicted molar refractivity (Wildman–Crippen MR) is 87.3 cm³/mol. The zero-order valence-corrected chi connectivity index (χ0v) is 13.7. The number of aromatic nitrogens is 2. The van der Waals surface area contributed by atoms with E-state index in [0.717, 1.165) is 22.1 Å². The fourth-order valence-electron chi connectivity index (χ4n) is 2.19. The molecular weight excluding hydrogens is 300 g/mol. The highest BCUT2D eigenvalue weighted by Gasteiger charge is 2.32. The van der Waals surface area contributed by atoms with Gasteiger partial charge in [-0.3, -0.25) is 5.32 Å². The maximum absolute atomic E-state index is 9.79. The molecule has 0 fully saturated rings. The quantitative estimate of drug-likeness (QED) is 0.792. The first-order valence-corrected chi connectivity index (χ1v) is 8.66. The molecular formula is C15H18N4S2. The lowest BCUT2D eigenvalue weighted by Crippen LogP contribution is -2.45. The predicted octanol–water partition coefficient (Wildman–Crippen LogP) is 3.44. The number of nitrogens with zero attached hydrogens (tertiary/aromatic N) is 3. The van der Waals surface area contributed by atoms with E-state index >= 15 is 0 Å². The van der Waals surface area contributed by atoms with Gasteiger partial charge >= 0.3 is 0 Å². The number of hydrogen-bond donors (Lipinski definition) is 1. The number of nitriles is 1. The Hall–Kier alpha value is -1.42. The normalized spacial score (nSPS) is 13.8. The maximum Gasteiger partial charge on any atom is 0.174 e. The first kappa shape index (κ1) is 16.0. The van der Waals surface area contributed by atoms with Crippen LogP contribution in [0.1, 0.15) is 25.8 Å². The van der Waals surface area contributed by atoms with Crippen molar-refractivity contribution in [2.45, 2.75) is 36.2 Å². The molecule has 0 saturated carbocycles. The highest BCUT2D eigenvalue weighted by atomic mass is 32.2. The molecule has 4 nitrogen and oxygen atoms in total. The number of rotatable bonds is 7. The largest absolute Gasteiger partial charge is 0.293 e. The molecule has 1 heterocycles. The average Bonchev–Trinajstić information content (AvgIpc) is 3.00. The van der Waals surface area contributed by atoms with Crippen LogP contribution < -0.4 is 5.32 Å². The van der Waals surface area contributed by atoms with Crippen LogP contribution in [0.4, 0.5) is 0 Å². The van der Waals surface area contributed by atoms with Gasteiger partial charge in [-0.1, -0.05) is 53.4 Å². The second kappa shape index (κ2) is 7.55. The third-order valence-electron chi connectivity index (χ3n) is 3.04. The summed E-state index contributed by atoms with van der Waals surface area (Å²) in [6, 6.07) is 12.7. The van der Waals surface area contributed by atoms with E-state index in [1.54, 1.807) is 17.3 Å². The van der Waals surface area contributed by atoms with Crippen LogP contribution >= 0.6 is 23.1 Å². The Morgan fingerprint density at radius 2 is 2.14 bits per heavy atom. The van der Waals surface area contributed by atoms with Crippen molar-refractivity contribution in [1.82, 2.24) is 15.5 Å². The van der Waals surface area contributed by atoms with Gasteiger partial charge in [-0.2, -0.15) is 5.26 Å². The minimum atomic E-state index is -0.660. The smallest absolute Gasteiger partial charge is 0.174 e. The minimum Gasteiger partial charge on any atom is -0.293 e. The molecule has 1 atom stereocenters. The lowest BCUT2D eigenvalue weighted by atomic mass is 9.88. The van der Waals surface area contributed by atoms with Gasteiger partial charge in [0, 0.05) is 11.8 Å². The second-order valence-electron chi connectivity index (χ2n) is 4.99. The molecule has 110 valence electrons. The summed E-state index contributed by atoms with van der Waals surface area (Å²) in [4.78, 5) is 0. The van der Waals surface area contributed by atoms with Crippen molar-refractivity contribution in [1.29, 1.82) is 5.26 Å². The molecule has 0 aliphatic rings. The molecule has 0 saturated heterocycles. The van der Waals surface area contributed by atoms with E-state index in [2.05, 4.69) is 35.4 Å². The lowest BCUT2D eigenvalue weighted by molar-refractivity contribution is 0.378. The van der Waals surface area contributed by atoms with Gasteiger partial charge < -0.3 is 0 Å². The molecule has 0 aliphatic carbocycles. The van der Waals surface area contributed by atoms with Crippen molar-refractivity contribution in [3.63, 3.8) is 0 Å². The fraction of sp³-hybridized carbons (Fsp3) is 0.400. The Morgan fingerprint density at radius 3 is 2.71 bits per heavy atom.